The lowest BCUT2D eigenvalue weighted by atomic mass is 9.86. The molecule has 0 aliphatic carbocycles. The molecule has 12 heavy (non-hydrogen) atoms. The Morgan fingerprint density at radius 3 is 2.75 bits per heavy atom. The van der Waals surface area contributed by atoms with Crippen LogP contribution in [0.25, 0.3) is 0 Å². The Kier molecular flexibility index (Phi) is 2.78. The van der Waals surface area contributed by atoms with Crippen molar-refractivity contribution in [3.63, 3.8) is 0 Å². The lowest BCUT2D eigenvalue weighted by Crippen LogP contribution is -2.18. The minimum absolute atomic E-state index is 0.0641. The van der Waals surface area contributed by atoms with E-state index in [9.17, 15) is 5.11 Å². The molecule has 1 rings (SSSR count). The Bertz CT molecular complexity index is 268. The van der Waals surface area contributed by atoms with Crippen LogP contribution in [-0.2, 0) is 5.41 Å². The van der Waals surface area contributed by atoms with Gasteiger partial charge in [-0.3, -0.25) is 0 Å². The van der Waals surface area contributed by atoms with Crippen molar-refractivity contribution in [3.8, 4) is 5.75 Å². The van der Waals surface area contributed by atoms with Crippen LogP contribution in [0.3, 0.4) is 0 Å². The number of hydrogen-bond acceptors (Lipinski definition) is 1. The summed E-state index contributed by atoms with van der Waals surface area (Å²) in [6, 6.07) is 8.34. The van der Waals surface area contributed by atoms with Crippen molar-refractivity contribution in [2.45, 2.75) is 19.3 Å². The molecule has 1 N–H and O–H groups in total. The van der Waals surface area contributed by atoms with E-state index in [2.05, 4.69) is 35.8 Å². The first-order valence-corrected chi connectivity index (χ1v) is 4.96. The van der Waals surface area contributed by atoms with Gasteiger partial charge < -0.3 is 5.11 Å². The van der Waals surface area contributed by atoms with E-state index in [4.69, 9.17) is 0 Å². The predicted molar refractivity (Wildman–Crippen MR) is 53.8 cm³/mol. The summed E-state index contributed by atoms with van der Waals surface area (Å²) in [5.74, 6) is 0.321. The molecule has 0 aromatic heterocycles. The maximum absolute atomic E-state index is 9.53. The summed E-state index contributed by atoms with van der Waals surface area (Å²) >= 11 is 3.41. The molecule has 0 heterocycles. The van der Waals surface area contributed by atoms with Crippen LogP contribution in [0.5, 0.6) is 5.75 Å². The molecule has 0 amide bonds. The lowest BCUT2D eigenvalue weighted by molar-refractivity contribution is 0.448. The molecule has 0 spiro atoms. The molecule has 65 valence electrons. The summed E-state index contributed by atoms with van der Waals surface area (Å²) < 4.78 is 0. The molecular weight excluding hydrogens is 216 g/mol. The van der Waals surface area contributed by atoms with Crippen molar-refractivity contribution in [1.29, 1.82) is 0 Å². The molecule has 2 heteroatoms. The third kappa shape index (κ3) is 1.81. The van der Waals surface area contributed by atoms with E-state index in [1.807, 2.05) is 6.07 Å². The standard InChI is InChI=1S/C10H12BrO/c1-10(2,7-11)8-5-3-4-6-9(8)12/h3-4,6,12H,7H2,1-2H3. The molecule has 0 fully saturated rings. The van der Waals surface area contributed by atoms with Crippen LogP contribution in [0, 0.1) is 6.07 Å². The number of alkyl halides is 1. The Morgan fingerprint density at radius 1 is 1.58 bits per heavy atom. The maximum atomic E-state index is 9.53. The van der Waals surface area contributed by atoms with E-state index in [0.717, 1.165) is 10.9 Å². The van der Waals surface area contributed by atoms with Crippen LogP contribution in [0.4, 0.5) is 0 Å². The molecule has 0 aliphatic rings. The van der Waals surface area contributed by atoms with Crippen LogP contribution in [0.15, 0.2) is 18.2 Å². The van der Waals surface area contributed by atoms with Crippen LogP contribution < -0.4 is 0 Å². The van der Waals surface area contributed by atoms with Crippen LogP contribution >= 0.6 is 15.9 Å². The molecule has 0 saturated heterocycles. The van der Waals surface area contributed by atoms with E-state index in [1.165, 1.54) is 0 Å². The van der Waals surface area contributed by atoms with Gasteiger partial charge >= 0.3 is 0 Å². The summed E-state index contributed by atoms with van der Waals surface area (Å²) in [7, 11) is 0. The van der Waals surface area contributed by atoms with E-state index in [-0.39, 0.29) is 5.41 Å². The molecule has 1 radical (unpaired) electrons. The minimum Gasteiger partial charge on any atom is -0.508 e. The van der Waals surface area contributed by atoms with Gasteiger partial charge in [0.25, 0.3) is 0 Å². The van der Waals surface area contributed by atoms with Crippen molar-refractivity contribution < 1.29 is 5.11 Å². The van der Waals surface area contributed by atoms with Gasteiger partial charge in [0.2, 0.25) is 0 Å². The molecule has 0 unspecified atom stereocenters. The van der Waals surface area contributed by atoms with Gasteiger partial charge in [0.05, 0.1) is 0 Å². The highest BCUT2D eigenvalue weighted by atomic mass is 79.9. The highest BCUT2D eigenvalue weighted by molar-refractivity contribution is 9.09. The average Bonchev–Trinajstić information content (AvgIpc) is 2.05. The summed E-state index contributed by atoms with van der Waals surface area (Å²) in [4.78, 5) is 0. The fourth-order valence-corrected chi connectivity index (χ4v) is 1.32. The number of benzene rings is 1. The Morgan fingerprint density at radius 2 is 2.25 bits per heavy atom. The predicted octanol–water partition coefficient (Wildman–Crippen LogP) is 2.86. The van der Waals surface area contributed by atoms with Gasteiger partial charge in [0.15, 0.2) is 0 Å². The second-order valence-electron chi connectivity index (χ2n) is 3.45. The zero-order valence-corrected chi connectivity index (χ0v) is 8.85. The highest BCUT2D eigenvalue weighted by Crippen LogP contribution is 2.31. The third-order valence-corrected chi connectivity index (χ3v) is 3.25. The molecule has 0 bridgehead atoms. The molecule has 1 aromatic rings. The molecule has 0 aliphatic heterocycles. The van der Waals surface area contributed by atoms with E-state index >= 15 is 0 Å². The van der Waals surface area contributed by atoms with Crippen LogP contribution in [0.1, 0.15) is 19.4 Å². The summed E-state index contributed by atoms with van der Waals surface area (Å²) in [6.07, 6.45) is 0. The van der Waals surface area contributed by atoms with Gasteiger partial charge in [0, 0.05) is 16.3 Å². The van der Waals surface area contributed by atoms with Crippen molar-refractivity contribution in [2.24, 2.45) is 0 Å². The zero-order valence-electron chi connectivity index (χ0n) is 7.26. The van der Waals surface area contributed by atoms with Crippen molar-refractivity contribution in [3.05, 3.63) is 29.8 Å². The molecule has 0 atom stereocenters. The van der Waals surface area contributed by atoms with Gasteiger partial charge in [-0.1, -0.05) is 41.9 Å². The van der Waals surface area contributed by atoms with E-state index in [0.29, 0.717) is 5.75 Å². The smallest absolute Gasteiger partial charge is 0.119 e. The first kappa shape index (κ1) is 9.59. The number of halogens is 1. The van der Waals surface area contributed by atoms with Gasteiger partial charge in [-0.25, -0.2) is 0 Å². The summed E-state index contributed by atoms with van der Waals surface area (Å²) in [5.41, 5.74) is 0.799. The minimum atomic E-state index is -0.0641. The second kappa shape index (κ2) is 3.48. The normalized spacial score (nSPS) is 11.6. The molecule has 1 nitrogen and oxygen atoms in total. The highest BCUT2D eigenvalue weighted by Gasteiger charge is 2.21. The third-order valence-electron chi connectivity index (χ3n) is 1.84. The van der Waals surface area contributed by atoms with Gasteiger partial charge in [-0.2, -0.15) is 0 Å². The van der Waals surface area contributed by atoms with Gasteiger partial charge in [-0.15, -0.1) is 0 Å². The first-order chi connectivity index (χ1) is 5.58. The second-order valence-corrected chi connectivity index (χ2v) is 4.01. The Labute approximate surface area is 81.6 Å². The molecular formula is C10H12BrO. The number of aromatic hydroxyl groups is 1. The summed E-state index contributed by atoms with van der Waals surface area (Å²) in [6.45, 7) is 4.13. The van der Waals surface area contributed by atoms with Crippen molar-refractivity contribution in [1.82, 2.24) is 0 Å². The monoisotopic (exact) mass is 227 g/mol. The quantitative estimate of drug-likeness (QED) is 0.771. The first-order valence-electron chi connectivity index (χ1n) is 3.84. The number of rotatable bonds is 2. The largest absolute Gasteiger partial charge is 0.508 e. The average molecular weight is 228 g/mol. The molecule has 1 aromatic carbocycles. The lowest BCUT2D eigenvalue weighted by Gasteiger charge is -2.22. The number of phenolic OH excluding ortho intramolecular Hbond substituents is 1. The van der Waals surface area contributed by atoms with Crippen LogP contribution in [0.2, 0.25) is 0 Å². The summed E-state index contributed by atoms with van der Waals surface area (Å²) in [5, 5.41) is 10.3. The fourth-order valence-electron chi connectivity index (χ4n) is 1.04. The van der Waals surface area contributed by atoms with E-state index in [1.54, 1.807) is 12.1 Å². The van der Waals surface area contributed by atoms with Gasteiger partial charge in [0.1, 0.15) is 5.75 Å². The van der Waals surface area contributed by atoms with Crippen LogP contribution in [-0.4, -0.2) is 10.4 Å². The SMILES string of the molecule is CC(C)(CBr)c1[c]cccc1O. The zero-order chi connectivity index (χ0) is 9.19. The van der Waals surface area contributed by atoms with Crippen molar-refractivity contribution in [2.75, 3.05) is 5.33 Å². The topological polar surface area (TPSA) is 20.2 Å². The number of hydrogen-bond donors (Lipinski definition) is 1. The fraction of sp³-hybridized carbons (Fsp3) is 0.400. The maximum Gasteiger partial charge on any atom is 0.119 e. The Hall–Kier alpha value is -0.500. The Balaban J connectivity index is 3.10. The van der Waals surface area contributed by atoms with Crippen molar-refractivity contribution >= 4 is 15.9 Å². The molecule has 0 saturated carbocycles. The van der Waals surface area contributed by atoms with Gasteiger partial charge in [-0.05, 0) is 12.1 Å². The number of phenols is 1. The van der Waals surface area contributed by atoms with E-state index < -0.39 is 0 Å².